The molecule has 0 aliphatic rings. The number of aliphatic hydroxyl groups is 1. The number of pyridine rings is 1. The molecule has 4 nitrogen and oxygen atoms in total. The highest BCUT2D eigenvalue weighted by molar-refractivity contribution is 5.39. The zero-order chi connectivity index (χ0) is 15.9. The Kier molecular flexibility index (Phi) is 5.92. The van der Waals surface area contributed by atoms with Crippen LogP contribution in [0, 0.1) is 6.92 Å². The van der Waals surface area contributed by atoms with E-state index in [1.807, 2.05) is 24.3 Å². The van der Waals surface area contributed by atoms with Crippen molar-refractivity contribution in [3.63, 3.8) is 0 Å². The van der Waals surface area contributed by atoms with E-state index < -0.39 is 6.10 Å². The SMILES string of the molecule is CCC(NCC(O)c1ccncc1)c1cc(C)ccc1OC. The number of benzene rings is 1. The Morgan fingerprint density at radius 3 is 2.59 bits per heavy atom. The van der Waals surface area contributed by atoms with E-state index in [1.165, 1.54) is 5.56 Å². The highest BCUT2D eigenvalue weighted by Gasteiger charge is 2.16. The molecule has 22 heavy (non-hydrogen) atoms. The Hall–Kier alpha value is -1.91. The molecule has 0 radical (unpaired) electrons. The number of aliphatic hydroxyl groups excluding tert-OH is 1. The van der Waals surface area contributed by atoms with Crippen LogP contribution in [0.3, 0.4) is 0 Å². The average molecular weight is 300 g/mol. The number of nitrogens with zero attached hydrogens (tertiary/aromatic N) is 1. The molecule has 2 unspecified atom stereocenters. The molecule has 0 saturated carbocycles. The fourth-order valence-electron chi connectivity index (χ4n) is 2.56. The van der Waals surface area contributed by atoms with Crippen molar-refractivity contribution in [3.05, 3.63) is 59.4 Å². The third-order valence-electron chi connectivity index (χ3n) is 3.82. The first-order valence-electron chi connectivity index (χ1n) is 7.61. The van der Waals surface area contributed by atoms with Gasteiger partial charge < -0.3 is 15.2 Å². The van der Waals surface area contributed by atoms with Crippen LogP contribution in [0.25, 0.3) is 0 Å². The van der Waals surface area contributed by atoms with E-state index in [0.29, 0.717) is 6.54 Å². The van der Waals surface area contributed by atoms with Crippen molar-refractivity contribution < 1.29 is 9.84 Å². The molecule has 0 bridgehead atoms. The maximum Gasteiger partial charge on any atom is 0.123 e. The Labute approximate surface area is 132 Å². The molecule has 1 aromatic heterocycles. The standard InChI is InChI=1S/C18H24N2O2/c1-4-16(15-11-13(2)5-6-18(15)22-3)20-12-17(21)14-7-9-19-10-8-14/h5-11,16-17,20-21H,4,12H2,1-3H3. The molecule has 0 aliphatic heterocycles. The van der Waals surface area contributed by atoms with Gasteiger partial charge in [0, 0.05) is 30.5 Å². The van der Waals surface area contributed by atoms with Gasteiger partial charge in [-0.15, -0.1) is 0 Å². The minimum absolute atomic E-state index is 0.145. The summed E-state index contributed by atoms with van der Waals surface area (Å²) in [7, 11) is 1.69. The van der Waals surface area contributed by atoms with Gasteiger partial charge in [-0.3, -0.25) is 4.98 Å². The normalized spacial score (nSPS) is 13.6. The molecule has 1 heterocycles. The van der Waals surface area contributed by atoms with E-state index in [-0.39, 0.29) is 6.04 Å². The fraction of sp³-hybridized carbons (Fsp3) is 0.389. The lowest BCUT2D eigenvalue weighted by Crippen LogP contribution is -2.26. The van der Waals surface area contributed by atoms with Gasteiger partial charge in [0.25, 0.3) is 0 Å². The minimum atomic E-state index is -0.548. The van der Waals surface area contributed by atoms with E-state index >= 15 is 0 Å². The number of aromatic nitrogens is 1. The number of aryl methyl sites for hydroxylation is 1. The minimum Gasteiger partial charge on any atom is -0.496 e. The Balaban J connectivity index is 2.08. The summed E-state index contributed by atoms with van der Waals surface area (Å²) < 4.78 is 5.46. The topological polar surface area (TPSA) is 54.4 Å². The van der Waals surface area contributed by atoms with Crippen LogP contribution in [-0.4, -0.2) is 23.7 Å². The first kappa shape index (κ1) is 16.5. The van der Waals surface area contributed by atoms with Gasteiger partial charge in [-0.05, 0) is 37.1 Å². The fourth-order valence-corrected chi connectivity index (χ4v) is 2.56. The van der Waals surface area contributed by atoms with Gasteiger partial charge in [-0.1, -0.05) is 24.6 Å². The predicted octanol–water partition coefficient (Wildman–Crippen LogP) is 3.17. The van der Waals surface area contributed by atoms with Crippen LogP contribution in [0.5, 0.6) is 5.75 Å². The molecule has 118 valence electrons. The molecule has 2 N–H and O–H groups in total. The van der Waals surface area contributed by atoms with Gasteiger partial charge in [0.05, 0.1) is 13.2 Å². The third-order valence-corrected chi connectivity index (χ3v) is 3.82. The molecule has 0 aliphatic carbocycles. The first-order chi connectivity index (χ1) is 10.7. The maximum atomic E-state index is 10.3. The number of nitrogens with one attached hydrogen (secondary N) is 1. The van der Waals surface area contributed by atoms with Gasteiger partial charge in [0.15, 0.2) is 0 Å². The molecule has 0 spiro atoms. The summed E-state index contributed by atoms with van der Waals surface area (Å²) in [6.07, 6.45) is 3.76. The number of rotatable bonds is 7. The Morgan fingerprint density at radius 1 is 1.23 bits per heavy atom. The zero-order valence-electron chi connectivity index (χ0n) is 13.4. The summed E-state index contributed by atoms with van der Waals surface area (Å²) in [5.74, 6) is 0.878. The van der Waals surface area contributed by atoms with E-state index in [0.717, 1.165) is 23.3 Å². The Bertz CT molecular complexity index is 587. The van der Waals surface area contributed by atoms with Crippen molar-refractivity contribution in [2.45, 2.75) is 32.4 Å². The van der Waals surface area contributed by atoms with Gasteiger partial charge in [-0.25, -0.2) is 0 Å². The van der Waals surface area contributed by atoms with Crippen LogP contribution in [0.2, 0.25) is 0 Å². The van der Waals surface area contributed by atoms with Crippen molar-refractivity contribution in [3.8, 4) is 5.75 Å². The first-order valence-corrected chi connectivity index (χ1v) is 7.61. The summed E-state index contributed by atoms with van der Waals surface area (Å²) in [6, 6.07) is 9.99. The summed E-state index contributed by atoms with van der Waals surface area (Å²) in [5, 5.41) is 13.7. The summed E-state index contributed by atoms with van der Waals surface area (Å²) in [5.41, 5.74) is 3.20. The van der Waals surface area contributed by atoms with Crippen LogP contribution in [-0.2, 0) is 0 Å². The summed E-state index contributed by atoms with van der Waals surface area (Å²) >= 11 is 0. The van der Waals surface area contributed by atoms with E-state index in [2.05, 4.69) is 30.2 Å². The monoisotopic (exact) mass is 300 g/mol. The number of hydrogen-bond acceptors (Lipinski definition) is 4. The van der Waals surface area contributed by atoms with E-state index in [1.54, 1.807) is 19.5 Å². The van der Waals surface area contributed by atoms with Crippen LogP contribution in [0.4, 0.5) is 0 Å². The largest absolute Gasteiger partial charge is 0.496 e. The molecule has 1 aromatic carbocycles. The Morgan fingerprint density at radius 2 is 1.95 bits per heavy atom. The predicted molar refractivity (Wildman–Crippen MR) is 88.0 cm³/mol. The number of hydrogen-bond donors (Lipinski definition) is 2. The molecule has 4 heteroatoms. The molecule has 0 amide bonds. The van der Waals surface area contributed by atoms with Crippen molar-refractivity contribution >= 4 is 0 Å². The van der Waals surface area contributed by atoms with E-state index in [9.17, 15) is 5.11 Å². The van der Waals surface area contributed by atoms with Gasteiger partial charge in [0.2, 0.25) is 0 Å². The molecule has 2 rings (SSSR count). The number of ether oxygens (including phenoxy) is 1. The highest BCUT2D eigenvalue weighted by atomic mass is 16.5. The van der Waals surface area contributed by atoms with Crippen molar-refractivity contribution in [2.24, 2.45) is 0 Å². The lowest BCUT2D eigenvalue weighted by atomic mass is 10.0. The number of methoxy groups -OCH3 is 1. The summed E-state index contributed by atoms with van der Waals surface area (Å²) in [4.78, 5) is 3.97. The molecule has 0 saturated heterocycles. The van der Waals surface area contributed by atoms with Crippen LogP contribution < -0.4 is 10.1 Å². The smallest absolute Gasteiger partial charge is 0.123 e. The second-order valence-electron chi connectivity index (χ2n) is 5.41. The molecule has 0 fully saturated rings. The lowest BCUT2D eigenvalue weighted by molar-refractivity contribution is 0.169. The molecular weight excluding hydrogens is 276 g/mol. The molecule has 2 aromatic rings. The van der Waals surface area contributed by atoms with Gasteiger partial charge >= 0.3 is 0 Å². The lowest BCUT2D eigenvalue weighted by Gasteiger charge is -2.22. The van der Waals surface area contributed by atoms with Crippen LogP contribution in [0.15, 0.2) is 42.7 Å². The van der Waals surface area contributed by atoms with Crippen LogP contribution in [0.1, 0.15) is 42.2 Å². The highest BCUT2D eigenvalue weighted by Crippen LogP contribution is 2.28. The van der Waals surface area contributed by atoms with Crippen molar-refractivity contribution in [1.82, 2.24) is 10.3 Å². The second-order valence-corrected chi connectivity index (χ2v) is 5.41. The zero-order valence-corrected chi connectivity index (χ0v) is 13.4. The van der Waals surface area contributed by atoms with Gasteiger partial charge in [-0.2, -0.15) is 0 Å². The molecule has 2 atom stereocenters. The summed E-state index contributed by atoms with van der Waals surface area (Å²) in [6.45, 7) is 4.68. The van der Waals surface area contributed by atoms with E-state index in [4.69, 9.17) is 4.74 Å². The average Bonchev–Trinajstić information content (AvgIpc) is 2.56. The second kappa shape index (κ2) is 7.92. The van der Waals surface area contributed by atoms with Crippen molar-refractivity contribution in [2.75, 3.05) is 13.7 Å². The third kappa shape index (κ3) is 4.06. The van der Waals surface area contributed by atoms with Gasteiger partial charge in [0.1, 0.15) is 5.75 Å². The quantitative estimate of drug-likeness (QED) is 0.824. The molecular formula is C18H24N2O2. The van der Waals surface area contributed by atoms with Crippen LogP contribution >= 0.6 is 0 Å². The maximum absolute atomic E-state index is 10.3. The van der Waals surface area contributed by atoms with Crippen molar-refractivity contribution in [1.29, 1.82) is 0 Å².